The molecular weight excluding hydrogens is 234 g/mol. The van der Waals surface area contributed by atoms with E-state index < -0.39 is 0 Å². The van der Waals surface area contributed by atoms with Crippen LogP contribution in [0.25, 0.3) is 5.52 Å². The summed E-state index contributed by atoms with van der Waals surface area (Å²) in [5, 5.41) is 3.70. The second-order valence-electron chi connectivity index (χ2n) is 4.05. The molecule has 1 N–H and O–H groups in total. The quantitative estimate of drug-likeness (QED) is 0.842. The van der Waals surface area contributed by atoms with Crippen LogP contribution in [0.15, 0.2) is 35.7 Å². The normalized spacial score (nSPS) is 11.0. The van der Waals surface area contributed by atoms with Crippen LogP contribution in [0.3, 0.4) is 0 Å². The lowest BCUT2D eigenvalue weighted by molar-refractivity contribution is -0.119. The zero-order chi connectivity index (χ0) is 12.3. The second kappa shape index (κ2) is 5.23. The first-order valence-electron chi connectivity index (χ1n) is 5.51. The van der Waals surface area contributed by atoms with Crippen molar-refractivity contribution in [3.63, 3.8) is 0 Å². The van der Waals surface area contributed by atoms with E-state index in [4.69, 9.17) is 0 Å². The van der Waals surface area contributed by atoms with Gasteiger partial charge < -0.3 is 5.32 Å². The van der Waals surface area contributed by atoms with Crippen molar-refractivity contribution >= 4 is 23.2 Å². The first kappa shape index (κ1) is 12.0. The summed E-state index contributed by atoms with van der Waals surface area (Å²) in [5.74, 6) is 0.435. The number of thioether (sulfide) groups is 1. The SMILES string of the molecule is CC(C)NC(=O)CSc1ncc2ccccn12. The predicted molar refractivity (Wildman–Crippen MR) is 69.2 cm³/mol. The molecule has 2 aromatic heterocycles. The van der Waals surface area contributed by atoms with Crippen LogP contribution in [0.2, 0.25) is 0 Å². The van der Waals surface area contributed by atoms with Crippen molar-refractivity contribution in [3.05, 3.63) is 30.6 Å². The van der Waals surface area contributed by atoms with Gasteiger partial charge in [-0.05, 0) is 26.0 Å². The Bertz CT molecular complexity index is 521. The van der Waals surface area contributed by atoms with Crippen LogP contribution in [-0.4, -0.2) is 27.1 Å². The molecule has 2 rings (SSSR count). The Hall–Kier alpha value is -1.49. The topological polar surface area (TPSA) is 46.4 Å². The van der Waals surface area contributed by atoms with E-state index in [2.05, 4.69) is 10.3 Å². The third-order valence-electron chi connectivity index (χ3n) is 2.19. The largest absolute Gasteiger partial charge is 0.353 e. The number of imidazole rings is 1. The standard InChI is InChI=1S/C12H15N3OS/c1-9(2)14-11(16)8-17-12-13-7-10-5-3-4-6-15(10)12/h3-7,9H,8H2,1-2H3,(H,14,16). The van der Waals surface area contributed by atoms with E-state index in [1.807, 2.05) is 48.8 Å². The highest BCUT2D eigenvalue weighted by Crippen LogP contribution is 2.17. The van der Waals surface area contributed by atoms with Gasteiger partial charge in [-0.15, -0.1) is 0 Å². The van der Waals surface area contributed by atoms with E-state index in [9.17, 15) is 4.79 Å². The number of hydrogen-bond donors (Lipinski definition) is 1. The average molecular weight is 249 g/mol. The van der Waals surface area contributed by atoms with Gasteiger partial charge in [0.25, 0.3) is 0 Å². The molecular formula is C12H15N3OS. The number of carbonyl (C=O) groups excluding carboxylic acids is 1. The minimum atomic E-state index is 0.0395. The summed E-state index contributed by atoms with van der Waals surface area (Å²) in [7, 11) is 0. The van der Waals surface area contributed by atoms with Gasteiger partial charge in [-0.1, -0.05) is 17.8 Å². The van der Waals surface area contributed by atoms with E-state index >= 15 is 0 Å². The number of rotatable bonds is 4. The number of fused-ring (bicyclic) bond motifs is 1. The molecule has 5 heteroatoms. The van der Waals surface area contributed by atoms with Crippen molar-refractivity contribution in [2.75, 3.05) is 5.75 Å². The highest BCUT2D eigenvalue weighted by molar-refractivity contribution is 7.99. The van der Waals surface area contributed by atoms with Crippen molar-refractivity contribution in [2.45, 2.75) is 25.0 Å². The van der Waals surface area contributed by atoms with E-state index in [-0.39, 0.29) is 11.9 Å². The lowest BCUT2D eigenvalue weighted by Gasteiger charge is -2.07. The molecule has 0 aliphatic carbocycles. The van der Waals surface area contributed by atoms with Crippen LogP contribution in [-0.2, 0) is 4.79 Å². The highest BCUT2D eigenvalue weighted by Gasteiger charge is 2.07. The number of aromatic nitrogens is 2. The van der Waals surface area contributed by atoms with Gasteiger partial charge in [-0.25, -0.2) is 4.98 Å². The first-order chi connectivity index (χ1) is 8.16. The molecule has 0 aliphatic heterocycles. The number of nitrogens with zero attached hydrogens (tertiary/aromatic N) is 2. The van der Waals surface area contributed by atoms with Gasteiger partial charge in [0.15, 0.2) is 5.16 Å². The summed E-state index contributed by atoms with van der Waals surface area (Å²) < 4.78 is 1.98. The molecule has 0 unspecified atom stereocenters. The maximum absolute atomic E-state index is 11.5. The maximum Gasteiger partial charge on any atom is 0.230 e. The monoisotopic (exact) mass is 249 g/mol. The van der Waals surface area contributed by atoms with Crippen molar-refractivity contribution in [3.8, 4) is 0 Å². The third-order valence-corrected chi connectivity index (χ3v) is 3.15. The predicted octanol–water partition coefficient (Wildman–Crippen LogP) is 1.95. The Morgan fingerprint density at radius 2 is 2.35 bits per heavy atom. The van der Waals surface area contributed by atoms with Gasteiger partial charge in [0.2, 0.25) is 5.91 Å². The van der Waals surface area contributed by atoms with Gasteiger partial charge in [-0.3, -0.25) is 9.20 Å². The Kier molecular flexibility index (Phi) is 3.68. The summed E-state index contributed by atoms with van der Waals surface area (Å²) in [6.45, 7) is 3.90. The second-order valence-corrected chi connectivity index (χ2v) is 4.99. The fourth-order valence-corrected chi connectivity index (χ4v) is 2.30. The van der Waals surface area contributed by atoms with Crippen LogP contribution in [0.5, 0.6) is 0 Å². The smallest absolute Gasteiger partial charge is 0.230 e. The summed E-state index contributed by atoms with van der Waals surface area (Å²) in [6.07, 6.45) is 3.76. The summed E-state index contributed by atoms with van der Waals surface area (Å²) in [6, 6.07) is 6.09. The molecule has 90 valence electrons. The minimum absolute atomic E-state index is 0.0395. The number of hydrogen-bond acceptors (Lipinski definition) is 3. The highest BCUT2D eigenvalue weighted by atomic mass is 32.2. The molecule has 2 aromatic rings. The molecule has 4 nitrogen and oxygen atoms in total. The minimum Gasteiger partial charge on any atom is -0.353 e. The molecule has 2 heterocycles. The molecule has 0 bridgehead atoms. The van der Waals surface area contributed by atoms with Gasteiger partial charge in [0.05, 0.1) is 17.5 Å². The molecule has 0 saturated carbocycles. The third kappa shape index (κ3) is 3.00. The van der Waals surface area contributed by atoms with Crippen LogP contribution in [0.4, 0.5) is 0 Å². The van der Waals surface area contributed by atoms with Crippen molar-refractivity contribution in [1.82, 2.24) is 14.7 Å². The van der Waals surface area contributed by atoms with E-state index in [0.717, 1.165) is 10.7 Å². The molecule has 0 fully saturated rings. The van der Waals surface area contributed by atoms with Gasteiger partial charge in [-0.2, -0.15) is 0 Å². The summed E-state index contributed by atoms with van der Waals surface area (Å²) in [5.41, 5.74) is 1.04. The maximum atomic E-state index is 11.5. The lowest BCUT2D eigenvalue weighted by atomic mass is 10.4. The zero-order valence-electron chi connectivity index (χ0n) is 9.88. The van der Waals surface area contributed by atoms with Crippen LogP contribution < -0.4 is 5.32 Å². The summed E-state index contributed by atoms with van der Waals surface area (Å²) >= 11 is 1.45. The zero-order valence-corrected chi connectivity index (χ0v) is 10.7. The Morgan fingerprint density at radius 3 is 3.12 bits per heavy atom. The van der Waals surface area contributed by atoms with E-state index in [1.165, 1.54) is 11.8 Å². The van der Waals surface area contributed by atoms with E-state index in [1.54, 1.807) is 0 Å². The average Bonchev–Trinajstić information content (AvgIpc) is 2.69. The molecule has 0 aromatic carbocycles. The fourth-order valence-electron chi connectivity index (χ4n) is 1.52. The lowest BCUT2D eigenvalue weighted by Crippen LogP contribution is -2.31. The Balaban J connectivity index is 2.02. The Morgan fingerprint density at radius 1 is 1.53 bits per heavy atom. The van der Waals surface area contributed by atoms with Crippen molar-refractivity contribution in [1.29, 1.82) is 0 Å². The molecule has 0 aliphatic rings. The van der Waals surface area contributed by atoms with E-state index in [0.29, 0.717) is 5.75 Å². The number of carbonyl (C=O) groups is 1. The van der Waals surface area contributed by atoms with Gasteiger partial charge in [0.1, 0.15) is 0 Å². The van der Waals surface area contributed by atoms with Crippen LogP contribution >= 0.6 is 11.8 Å². The first-order valence-corrected chi connectivity index (χ1v) is 6.49. The molecule has 0 saturated heterocycles. The molecule has 0 spiro atoms. The number of pyridine rings is 1. The van der Waals surface area contributed by atoms with Crippen LogP contribution in [0, 0.1) is 0 Å². The summed E-state index contributed by atoms with van der Waals surface area (Å²) in [4.78, 5) is 15.8. The molecule has 0 radical (unpaired) electrons. The number of amides is 1. The molecule has 0 atom stereocenters. The molecule has 1 amide bonds. The van der Waals surface area contributed by atoms with Gasteiger partial charge >= 0.3 is 0 Å². The van der Waals surface area contributed by atoms with Gasteiger partial charge in [0, 0.05) is 12.2 Å². The number of nitrogens with one attached hydrogen (secondary N) is 1. The fraction of sp³-hybridized carbons (Fsp3) is 0.333. The Labute approximate surface area is 104 Å². The van der Waals surface area contributed by atoms with Crippen molar-refractivity contribution < 1.29 is 4.79 Å². The van der Waals surface area contributed by atoms with Crippen molar-refractivity contribution in [2.24, 2.45) is 0 Å². The molecule has 17 heavy (non-hydrogen) atoms. The van der Waals surface area contributed by atoms with Crippen LogP contribution in [0.1, 0.15) is 13.8 Å².